The molecule has 2 aliphatic heterocycles. The first-order valence-corrected chi connectivity index (χ1v) is 19.3. The number of hydrogen-bond donors (Lipinski definition) is 3. The molecule has 2 aliphatic rings. The molecule has 9 nitrogen and oxygen atoms in total. The third-order valence-electron chi connectivity index (χ3n) is 9.77. The standard InChI is InChI=1S/C34H49N5O4Si/c1-24-31(16-9-25-7-10-27(11-8-25)36-34(41)26-6-5-19-35-22-26)43-32(17-20-39-23-28(18-21-40)37-38-39)33(24)44(3,4)30-14-12-29(42-2)13-15-30/h7-8,10-15,23-24,26,31-33,35,40H,5-6,9,16-22H2,1-4H3,(H,36,41)/t24-,26?,31+,32-,33+/m1/s1. The molecule has 3 heterocycles. The Morgan fingerprint density at radius 2 is 1.89 bits per heavy atom. The number of ether oxygens (including phenoxy) is 2. The van der Waals surface area contributed by atoms with Crippen molar-refractivity contribution in [2.24, 2.45) is 11.8 Å². The van der Waals surface area contributed by atoms with E-state index in [-0.39, 0.29) is 30.6 Å². The molecule has 1 unspecified atom stereocenters. The van der Waals surface area contributed by atoms with Crippen LogP contribution in [-0.2, 0) is 28.9 Å². The number of nitrogens with zero attached hydrogens (tertiary/aromatic N) is 3. The second-order valence-electron chi connectivity index (χ2n) is 13.1. The molecule has 3 N–H and O–H groups in total. The molecule has 44 heavy (non-hydrogen) atoms. The molecular weight excluding hydrogens is 570 g/mol. The molecule has 0 spiro atoms. The van der Waals surface area contributed by atoms with Crippen LogP contribution in [0.4, 0.5) is 5.69 Å². The molecule has 2 saturated heterocycles. The van der Waals surface area contributed by atoms with Gasteiger partial charge in [0, 0.05) is 38.0 Å². The number of piperidine rings is 1. The highest BCUT2D eigenvalue weighted by molar-refractivity contribution is 6.91. The minimum absolute atomic E-state index is 0.0446. The van der Waals surface area contributed by atoms with Crippen molar-refractivity contribution in [3.05, 3.63) is 66.0 Å². The first kappa shape index (κ1) is 32.3. The molecule has 3 aromatic rings. The largest absolute Gasteiger partial charge is 0.497 e. The number of carbonyl (C=O) groups is 1. The van der Waals surface area contributed by atoms with Gasteiger partial charge in [-0.1, -0.05) is 54.7 Å². The predicted molar refractivity (Wildman–Crippen MR) is 176 cm³/mol. The van der Waals surface area contributed by atoms with Gasteiger partial charge < -0.3 is 25.2 Å². The van der Waals surface area contributed by atoms with Crippen LogP contribution >= 0.6 is 0 Å². The fourth-order valence-corrected chi connectivity index (χ4v) is 11.4. The molecule has 0 radical (unpaired) electrons. The molecule has 1 amide bonds. The van der Waals surface area contributed by atoms with E-state index in [1.165, 1.54) is 10.8 Å². The molecule has 238 valence electrons. The lowest BCUT2D eigenvalue weighted by atomic mass is 9.95. The SMILES string of the molecule is COc1ccc([Si](C)(C)[C@H]2[C@H](C)[C@H](CCc3ccc(NC(=O)C4CCCNC4)cc3)O[C@@H]2CCn2cc(CCO)nn2)cc1. The van der Waals surface area contributed by atoms with Crippen LogP contribution < -0.4 is 20.6 Å². The fourth-order valence-electron chi connectivity index (χ4n) is 7.24. The van der Waals surface area contributed by atoms with E-state index in [1.54, 1.807) is 7.11 Å². The molecular formula is C34H49N5O4Si. The Kier molecular flexibility index (Phi) is 10.9. The number of anilines is 1. The Balaban J connectivity index is 1.25. The van der Waals surface area contributed by atoms with Gasteiger partial charge in [0.15, 0.2) is 0 Å². The van der Waals surface area contributed by atoms with Gasteiger partial charge in [-0.15, -0.1) is 5.10 Å². The Labute approximate surface area is 262 Å². The average Bonchev–Trinajstić information content (AvgIpc) is 3.63. The average molecular weight is 620 g/mol. The van der Waals surface area contributed by atoms with Crippen molar-refractivity contribution >= 4 is 24.9 Å². The summed E-state index contributed by atoms with van der Waals surface area (Å²) in [6.45, 7) is 9.88. The fraction of sp³-hybridized carbons (Fsp3) is 0.559. The van der Waals surface area contributed by atoms with Crippen molar-refractivity contribution in [2.45, 2.75) is 82.8 Å². The second-order valence-corrected chi connectivity index (χ2v) is 17.7. The molecule has 5 rings (SSSR count). The number of benzene rings is 2. The maximum atomic E-state index is 12.7. The van der Waals surface area contributed by atoms with Crippen LogP contribution in [0.3, 0.4) is 0 Å². The second kappa shape index (κ2) is 14.8. The van der Waals surface area contributed by atoms with Gasteiger partial charge in [-0.3, -0.25) is 9.48 Å². The monoisotopic (exact) mass is 619 g/mol. The molecule has 0 aliphatic carbocycles. The normalized spacial score (nSPS) is 23.9. The highest BCUT2D eigenvalue weighted by atomic mass is 28.3. The predicted octanol–water partition coefficient (Wildman–Crippen LogP) is 4.17. The smallest absolute Gasteiger partial charge is 0.228 e. The van der Waals surface area contributed by atoms with Gasteiger partial charge in [0.2, 0.25) is 5.91 Å². The van der Waals surface area contributed by atoms with E-state index >= 15 is 0 Å². The number of amides is 1. The molecule has 0 saturated carbocycles. The number of rotatable bonds is 13. The minimum atomic E-state index is -1.95. The van der Waals surface area contributed by atoms with E-state index < -0.39 is 8.07 Å². The van der Waals surface area contributed by atoms with Crippen molar-refractivity contribution in [1.82, 2.24) is 20.3 Å². The van der Waals surface area contributed by atoms with Crippen LogP contribution in [0.1, 0.15) is 43.9 Å². The summed E-state index contributed by atoms with van der Waals surface area (Å²) in [5, 5.41) is 25.6. The molecule has 2 aromatic carbocycles. The number of nitrogens with one attached hydrogen (secondary N) is 2. The summed E-state index contributed by atoms with van der Waals surface area (Å²) in [7, 11) is -0.237. The lowest BCUT2D eigenvalue weighted by Crippen LogP contribution is -2.50. The van der Waals surface area contributed by atoms with E-state index in [0.717, 1.165) is 68.9 Å². The number of carbonyl (C=O) groups excluding carboxylic acids is 1. The van der Waals surface area contributed by atoms with Gasteiger partial charge in [0.25, 0.3) is 0 Å². The van der Waals surface area contributed by atoms with Crippen LogP contribution in [0.5, 0.6) is 5.75 Å². The van der Waals surface area contributed by atoms with Gasteiger partial charge in [0.1, 0.15) is 5.75 Å². The number of aliphatic hydroxyl groups is 1. The van der Waals surface area contributed by atoms with Gasteiger partial charge >= 0.3 is 0 Å². The van der Waals surface area contributed by atoms with Gasteiger partial charge in [0.05, 0.1) is 39.0 Å². The zero-order valence-electron chi connectivity index (χ0n) is 26.7. The summed E-state index contributed by atoms with van der Waals surface area (Å²) in [6.07, 6.45) is 7.47. The highest BCUT2D eigenvalue weighted by Crippen LogP contribution is 2.46. The highest BCUT2D eigenvalue weighted by Gasteiger charge is 2.50. The molecule has 0 bridgehead atoms. The van der Waals surface area contributed by atoms with Gasteiger partial charge in [-0.2, -0.15) is 0 Å². The molecule has 1 aromatic heterocycles. The van der Waals surface area contributed by atoms with Crippen molar-refractivity contribution in [1.29, 1.82) is 0 Å². The third-order valence-corrected chi connectivity index (χ3v) is 14.2. The zero-order chi connectivity index (χ0) is 31.1. The number of aromatic nitrogens is 3. The van der Waals surface area contributed by atoms with E-state index in [2.05, 4.69) is 77.4 Å². The van der Waals surface area contributed by atoms with E-state index in [1.807, 2.05) is 23.0 Å². The molecule has 10 heteroatoms. The van der Waals surface area contributed by atoms with Gasteiger partial charge in [-0.05, 0) is 79.9 Å². The first-order chi connectivity index (χ1) is 21.3. The summed E-state index contributed by atoms with van der Waals surface area (Å²) in [4.78, 5) is 12.7. The van der Waals surface area contributed by atoms with Crippen molar-refractivity contribution in [3.63, 3.8) is 0 Å². The maximum Gasteiger partial charge on any atom is 0.228 e. The summed E-state index contributed by atoms with van der Waals surface area (Å²) < 4.78 is 14.2. The lowest BCUT2D eigenvalue weighted by Gasteiger charge is -2.36. The molecule has 5 atom stereocenters. The Morgan fingerprint density at radius 1 is 1.11 bits per heavy atom. The lowest BCUT2D eigenvalue weighted by molar-refractivity contribution is -0.120. The van der Waals surface area contributed by atoms with Crippen LogP contribution in [0.2, 0.25) is 18.6 Å². The Hall–Kier alpha value is -3.05. The summed E-state index contributed by atoms with van der Waals surface area (Å²) in [6, 6.07) is 17.0. The zero-order valence-corrected chi connectivity index (χ0v) is 27.7. The van der Waals surface area contributed by atoms with Crippen LogP contribution in [0, 0.1) is 11.8 Å². The van der Waals surface area contributed by atoms with E-state index in [9.17, 15) is 9.90 Å². The number of aryl methyl sites for hydroxylation is 2. The summed E-state index contributed by atoms with van der Waals surface area (Å²) in [5.74, 6) is 1.44. The third kappa shape index (κ3) is 7.77. The Morgan fingerprint density at radius 3 is 2.57 bits per heavy atom. The van der Waals surface area contributed by atoms with E-state index in [4.69, 9.17) is 9.47 Å². The van der Waals surface area contributed by atoms with Crippen LogP contribution in [0.15, 0.2) is 54.7 Å². The summed E-state index contributed by atoms with van der Waals surface area (Å²) >= 11 is 0. The minimum Gasteiger partial charge on any atom is -0.497 e. The molecule has 2 fully saturated rings. The van der Waals surface area contributed by atoms with Crippen molar-refractivity contribution in [2.75, 3.05) is 32.1 Å². The van der Waals surface area contributed by atoms with Crippen LogP contribution in [-0.4, -0.2) is 73.1 Å². The quantitative estimate of drug-likeness (QED) is 0.246. The maximum absolute atomic E-state index is 12.7. The van der Waals surface area contributed by atoms with Crippen molar-refractivity contribution in [3.8, 4) is 5.75 Å². The number of aliphatic hydroxyl groups excluding tert-OH is 1. The van der Waals surface area contributed by atoms with E-state index in [0.29, 0.717) is 17.9 Å². The van der Waals surface area contributed by atoms with Gasteiger partial charge in [-0.25, -0.2) is 0 Å². The first-order valence-electron chi connectivity index (χ1n) is 16.2. The van der Waals surface area contributed by atoms with Crippen molar-refractivity contribution < 1.29 is 19.4 Å². The summed E-state index contributed by atoms with van der Waals surface area (Å²) in [5.41, 5.74) is 3.36. The number of hydrogen-bond acceptors (Lipinski definition) is 7. The Bertz CT molecular complexity index is 1340. The van der Waals surface area contributed by atoms with Crippen LogP contribution in [0.25, 0.3) is 0 Å². The topological polar surface area (TPSA) is 111 Å². The number of methoxy groups -OCH3 is 1.